The Morgan fingerprint density at radius 1 is 0.949 bits per heavy atom. The van der Waals surface area contributed by atoms with Crippen molar-refractivity contribution in [2.24, 2.45) is 5.92 Å². The number of carbonyl (C=O) groups is 1. The van der Waals surface area contributed by atoms with Crippen molar-refractivity contribution in [1.82, 2.24) is 4.90 Å². The molecular formula is C26H28F6N4O3. The summed E-state index contributed by atoms with van der Waals surface area (Å²) in [5, 5.41) is 13.9. The monoisotopic (exact) mass is 558 g/mol. The number of hydrogen-bond donors (Lipinski definition) is 1. The van der Waals surface area contributed by atoms with Crippen molar-refractivity contribution in [3.63, 3.8) is 0 Å². The second-order valence-electron chi connectivity index (χ2n) is 9.97. The van der Waals surface area contributed by atoms with Gasteiger partial charge in [-0.15, -0.1) is 0 Å². The maximum Gasteiger partial charge on any atom is 0.423 e. The van der Waals surface area contributed by atoms with Gasteiger partial charge in [0, 0.05) is 56.1 Å². The lowest BCUT2D eigenvalue weighted by Crippen LogP contribution is -2.35. The minimum Gasteiger partial charge on any atom is -0.380 e. The number of carbonyl (C=O) groups excluding carboxylic acids is 1. The highest BCUT2D eigenvalue weighted by Crippen LogP contribution is 2.38. The summed E-state index contributed by atoms with van der Waals surface area (Å²) < 4.78 is 78.1. The highest BCUT2D eigenvalue weighted by atomic mass is 19.4. The number of amides is 1. The lowest BCUT2D eigenvalue weighted by atomic mass is 9.91. The van der Waals surface area contributed by atoms with Gasteiger partial charge in [0.25, 0.3) is 5.69 Å². The number of nitro groups is 1. The number of nitrogens with zero attached hydrogens (tertiary/aromatic N) is 3. The van der Waals surface area contributed by atoms with Crippen LogP contribution in [0.3, 0.4) is 0 Å². The van der Waals surface area contributed by atoms with Crippen LogP contribution >= 0.6 is 0 Å². The second-order valence-corrected chi connectivity index (χ2v) is 9.97. The van der Waals surface area contributed by atoms with E-state index < -0.39 is 34.1 Å². The molecule has 0 aromatic heterocycles. The Bertz CT molecular complexity index is 1180. The lowest BCUT2D eigenvalue weighted by molar-refractivity contribution is -0.388. The number of benzene rings is 2. The molecule has 2 fully saturated rings. The predicted octanol–water partition coefficient (Wildman–Crippen LogP) is 6.34. The third kappa shape index (κ3) is 7.12. The molecule has 1 amide bonds. The fourth-order valence-corrected chi connectivity index (χ4v) is 5.18. The second kappa shape index (κ2) is 11.3. The van der Waals surface area contributed by atoms with Crippen molar-refractivity contribution < 1.29 is 36.1 Å². The number of halogens is 6. The third-order valence-corrected chi connectivity index (χ3v) is 7.35. The van der Waals surface area contributed by atoms with Gasteiger partial charge in [0.15, 0.2) is 0 Å². The minimum atomic E-state index is -4.87. The van der Waals surface area contributed by atoms with E-state index in [4.69, 9.17) is 0 Å². The van der Waals surface area contributed by atoms with Gasteiger partial charge < -0.3 is 15.1 Å². The van der Waals surface area contributed by atoms with Gasteiger partial charge in [-0.3, -0.25) is 14.9 Å². The highest BCUT2D eigenvalue weighted by Gasteiger charge is 2.39. The first kappa shape index (κ1) is 28.5. The molecule has 39 heavy (non-hydrogen) atoms. The molecule has 2 saturated heterocycles. The Labute approximate surface area is 220 Å². The number of nitrogens with one attached hydrogen (secondary N) is 1. The largest absolute Gasteiger partial charge is 0.423 e. The summed E-state index contributed by atoms with van der Waals surface area (Å²) in [4.78, 5) is 26.3. The van der Waals surface area contributed by atoms with E-state index in [1.807, 2.05) is 4.90 Å². The van der Waals surface area contributed by atoms with Gasteiger partial charge in [-0.2, -0.15) is 26.3 Å². The van der Waals surface area contributed by atoms with Crippen LogP contribution in [0, 0.1) is 16.0 Å². The number of nitro benzene ring substituents is 1. The van der Waals surface area contributed by atoms with E-state index >= 15 is 0 Å². The van der Waals surface area contributed by atoms with Crippen molar-refractivity contribution >= 4 is 23.0 Å². The zero-order valence-corrected chi connectivity index (χ0v) is 20.9. The smallest absolute Gasteiger partial charge is 0.380 e. The van der Waals surface area contributed by atoms with Crippen LogP contribution in [-0.2, 0) is 17.1 Å². The normalized spacial score (nSPS) is 18.9. The first-order valence-corrected chi connectivity index (χ1v) is 12.6. The number of hydrogen-bond acceptors (Lipinski definition) is 5. The molecule has 2 aliphatic heterocycles. The minimum absolute atomic E-state index is 0.0378. The summed E-state index contributed by atoms with van der Waals surface area (Å²) in [6.07, 6.45) is -6.04. The molecule has 2 aromatic carbocycles. The molecule has 0 aliphatic carbocycles. The number of alkyl halides is 6. The fraction of sp³-hybridized carbons (Fsp3) is 0.500. The maximum absolute atomic E-state index is 13.2. The van der Waals surface area contributed by atoms with Crippen molar-refractivity contribution in [3.05, 3.63) is 63.7 Å². The van der Waals surface area contributed by atoms with Gasteiger partial charge in [0.1, 0.15) is 5.56 Å². The molecule has 13 heteroatoms. The number of piperidine rings is 1. The SMILES string of the molecule is O=C(CCC1CCN(c2ccc(C(F)(F)F)cc2)CC1)N1CC[C@H](Nc2ccc([N+](=O)[O-])c(C(F)(F)F)c2)C1. The summed E-state index contributed by atoms with van der Waals surface area (Å²) in [7, 11) is 0. The summed E-state index contributed by atoms with van der Waals surface area (Å²) in [5.41, 5.74) is -2.18. The molecule has 0 saturated carbocycles. The van der Waals surface area contributed by atoms with Crippen LogP contribution in [-0.4, -0.2) is 48.0 Å². The van der Waals surface area contributed by atoms with E-state index in [0.29, 0.717) is 51.4 Å². The average molecular weight is 559 g/mol. The van der Waals surface area contributed by atoms with Crippen LogP contribution in [0.5, 0.6) is 0 Å². The molecule has 7 nitrogen and oxygen atoms in total. The van der Waals surface area contributed by atoms with Crippen LogP contribution in [0.2, 0.25) is 0 Å². The van der Waals surface area contributed by atoms with Gasteiger partial charge in [-0.1, -0.05) is 0 Å². The van der Waals surface area contributed by atoms with Crippen LogP contribution in [0.1, 0.15) is 43.2 Å². The van der Waals surface area contributed by atoms with Crippen molar-refractivity contribution in [2.75, 3.05) is 36.4 Å². The van der Waals surface area contributed by atoms with E-state index in [1.165, 1.54) is 18.2 Å². The fourth-order valence-electron chi connectivity index (χ4n) is 5.18. The topological polar surface area (TPSA) is 78.7 Å². The van der Waals surface area contributed by atoms with E-state index in [0.717, 1.165) is 42.8 Å². The summed E-state index contributed by atoms with van der Waals surface area (Å²) in [6, 6.07) is 7.62. The van der Waals surface area contributed by atoms with Crippen molar-refractivity contribution in [3.8, 4) is 0 Å². The molecule has 2 heterocycles. The Kier molecular flexibility index (Phi) is 8.26. The molecular weight excluding hydrogens is 530 g/mol. The van der Waals surface area contributed by atoms with E-state index in [9.17, 15) is 41.3 Å². The van der Waals surface area contributed by atoms with Gasteiger partial charge in [0.05, 0.1) is 10.5 Å². The summed E-state index contributed by atoms with van der Waals surface area (Å²) in [6.45, 7) is 2.16. The van der Waals surface area contributed by atoms with Gasteiger partial charge in [-0.05, 0) is 68.0 Å². The first-order chi connectivity index (χ1) is 18.3. The standard InChI is InChI=1S/C26H28F6N4O3/c27-25(28,29)18-2-5-21(6-3-18)34-12-9-17(10-13-34)1-8-24(37)35-14-11-20(16-35)33-19-4-7-23(36(38)39)22(15-19)26(30,31)32/h2-7,15,17,20,33H,1,8-14,16H2/t20-/m0/s1. The lowest BCUT2D eigenvalue weighted by Gasteiger charge is -2.34. The van der Waals surface area contributed by atoms with Gasteiger partial charge in [-0.25, -0.2) is 0 Å². The zero-order chi connectivity index (χ0) is 28.4. The number of likely N-dealkylation sites (tertiary alicyclic amines) is 1. The third-order valence-electron chi connectivity index (χ3n) is 7.35. The maximum atomic E-state index is 13.2. The molecule has 4 rings (SSSR count). The first-order valence-electron chi connectivity index (χ1n) is 12.6. The molecule has 0 bridgehead atoms. The Morgan fingerprint density at radius 3 is 2.21 bits per heavy atom. The molecule has 0 unspecified atom stereocenters. The van der Waals surface area contributed by atoms with Crippen LogP contribution in [0.15, 0.2) is 42.5 Å². The Morgan fingerprint density at radius 2 is 1.62 bits per heavy atom. The van der Waals surface area contributed by atoms with E-state index in [1.54, 1.807) is 4.90 Å². The van der Waals surface area contributed by atoms with Gasteiger partial charge >= 0.3 is 12.4 Å². The van der Waals surface area contributed by atoms with Gasteiger partial charge in [0.2, 0.25) is 5.91 Å². The molecule has 2 aliphatic rings. The summed E-state index contributed by atoms with van der Waals surface area (Å²) in [5.74, 6) is 0.279. The molecule has 1 N–H and O–H groups in total. The molecule has 0 spiro atoms. The molecule has 212 valence electrons. The zero-order valence-electron chi connectivity index (χ0n) is 20.9. The molecule has 0 radical (unpaired) electrons. The van der Waals surface area contributed by atoms with Crippen LogP contribution in [0.25, 0.3) is 0 Å². The van der Waals surface area contributed by atoms with E-state index in [2.05, 4.69) is 5.32 Å². The van der Waals surface area contributed by atoms with Crippen LogP contribution in [0.4, 0.5) is 43.4 Å². The average Bonchev–Trinajstić information content (AvgIpc) is 3.35. The van der Waals surface area contributed by atoms with Crippen LogP contribution < -0.4 is 10.2 Å². The predicted molar refractivity (Wildman–Crippen MR) is 132 cm³/mol. The Balaban J connectivity index is 1.22. The van der Waals surface area contributed by atoms with Crippen molar-refractivity contribution in [1.29, 1.82) is 0 Å². The number of anilines is 2. The molecule has 2 aromatic rings. The molecule has 1 atom stereocenters. The van der Waals surface area contributed by atoms with E-state index in [-0.39, 0.29) is 17.6 Å². The van der Waals surface area contributed by atoms with Crippen molar-refractivity contribution in [2.45, 2.75) is 50.5 Å². The Hall–Kier alpha value is -3.51. The number of rotatable bonds is 7. The summed E-state index contributed by atoms with van der Waals surface area (Å²) >= 11 is 0. The quantitative estimate of drug-likeness (QED) is 0.244. The highest BCUT2D eigenvalue weighted by molar-refractivity contribution is 5.76.